The lowest BCUT2D eigenvalue weighted by Gasteiger charge is -2.09. The molecule has 0 radical (unpaired) electrons. The fourth-order valence-corrected chi connectivity index (χ4v) is 3.60. The quantitative estimate of drug-likeness (QED) is 0.667. The van der Waals surface area contributed by atoms with Crippen LogP contribution in [0.3, 0.4) is 0 Å². The molecular weight excluding hydrogens is 376 g/mol. The first-order valence-corrected chi connectivity index (χ1v) is 10.3. The Bertz CT molecular complexity index is 1070. The van der Waals surface area contributed by atoms with Crippen LogP contribution in [0.25, 0.3) is 5.69 Å². The van der Waals surface area contributed by atoms with Gasteiger partial charge in [0.2, 0.25) is 0 Å². The number of amides is 1. The normalized spacial score (nSPS) is 11.4. The Morgan fingerprint density at radius 2 is 1.64 bits per heavy atom. The van der Waals surface area contributed by atoms with Crippen molar-refractivity contribution in [2.75, 3.05) is 4.72 Å². The highest BCUT2D eigenvalue weighted by Crippen LogP contribution is 2.18. The van der Waals surface area contributed by atoms with Crippen LogP contribution in [-0.4, -0.2) is 30.1 Å². The number of carbonyl (C=O) groups is 1. The minimum Gasteiger partial charge on any atom is -0.348 e. The molecule has 0 aliphatic rings. The molecule has 0 aliphatic heterocycles. The van der Waals surface area contributed by atoms with E-state index in [2.05, 4.69) is 15.1 Å². The van der Waals surface area contributed by atoms with E-state index in [0.717, 1.165) is 5.56 Å². The lowest BCUT2D eigenvalue weighted by atomic mass is 10.2. The Morgan fingerprint density at radius 1 is 1.00 bits per heavy atom. The zero-order valence-corrected chi connectivity index (χ0v) is 16.7. The third-order valence-electron chi connectivity index (χ3n) is 3.96. The standard InChI is InChI=1S/C20H22N4O3S/c1-14(2)21-20(25)19-12-13-24(22-19)17-8-6-16(7-9-17)23-28(26,27)18-10-4-15(3)5-11-18/h4-14,23H,1-3H3,(H,21,25). The first-order valence-electron chi connectivity index (χ1n) is 8.81. The van der Waals surface area contributed by atoms with Crippen LogP contribution in [0.1, 0.15) is 29.9 Å². The molecule has 0 bridgehead atoms. The number of nitrogens with zero attached hydrogens (tertiary/aromatic N) is 2. The number of sulfonamides is 1. The molecule has 1 heterocycles. The van der Waals surface area contributed by atoms with Gasteiger partial charge in [0.25, 0.3) is 15.9 Å². The maximum atomic E-state index is 12.5. The smallest absolute Gasteiger partial charge is 0.271 e. The molecule has 8 heteroatoms. The fraction of sp³-hybridized carbons (Fsp3) is 0.200. The molecular formula is C20H22N4O3S. The van der Waals surface area contributed by atoms with Gasteiger partial charge in [-0.1, -0.05) is 17.7 Å². The molecule has 0 saturated heterocycles. The summed E-state index contributed by atoms with van der Waals surface area (Å²) in [7, 11) is -3.65. The van der Waals surface area contributed by atoms with Crippen LogP contribution in [0.15, 0.2) is 65.7 Å². The molecule has 3 aromatic rings. The second kappa shape index (κ2) is 7.85. The Labute approximate surface area is 164 Å². The van der Waals surface area contributed by atoms with Gasteiger partial charge in [-0.05, 0) is 63.2 Å². The van der Waals surface area contributed by atoms with Gasteiger partial charge in [-0.2, -0.15) is 5.10 Å². The van der Waals surface area contributed by atoms with E-state index in [1.165, 1.54) is 0 Å². The number of aryl methyl sites for hydroxylation is 1. The summed E-state index contributed by atoms with van der Waals surface area (Å²) in [5.41, 5.74) is 2.46. The van der Waals surface area contributed by atoms with Crippen LogP contribution in [-0.2, 0) is 10.0 Å². The molecule has 0 saturated carbocycles. The number of nitrogens with one attached hydrogen (secondary N) is 2. The Morgan fingerprint density at radius 3 is 2.25 bits per heavy atom. The molecule has 146 valence electrons. The molecule has 1 amide bonds. The fourth-order valence-electron chi connectivity index (χ4n) is 2.54. The summed E-state index contributed by atoms with van der Waals surface area (Å²) >= 11 is 0. The third-order valence-corrected chi connectivity index (χ3v) is 5.35. The summed E-state index contributed by atoms with van der Waals surface area (Å²) in [5.74, 6) is -0.240. The van der Waals surface area contributed by atoms with Gasteiger partial charge in [-0.15, -0.1) is 0 Å². The van der Waals surface area contributed by atoms with E-state index in [1.807, 2.05) is 20.8 Å². The van der Waals surface area contributed by atoms with E-state index in [9.17, 15) is 13.2 Å². The summed E-state index contributed by atoms with van der Waals surface area (Å²) < 4.78 is 29.0. The molecule has 0 atom stereocenters. The van der Waals surface area contributed by atoms with Gasteiger partial charge in [-0.25, -0.2) is 13.1 Å². The first kappa shape index (κ1) is 19.6. The van der Waals surface area contributed by atoms with Crippen molar-refractivity contribution < 1.29 is 13.2 Å². The second-order valence-electron chi connectivity index (χ2n) is 6.74. The third kappa shape index (κ3) is 4.58. The average molecular weight is 398 g/mol. The van der Waals surface area contributed by atoms with E-state index in [-0.39, 0.29) is 16.8 Å². The van der Waals surface area contributed by atoms with Gasteiger partial charge in [0, 0.05) is 17.9 Å². The largest absolute Gasteiger partial charge is 0.348 e. The van der Waals surface area contributed by atoms with E-state index >= 15 is 0 Å². The van der Waals surface area contributed by atoms with Crippen molar-refractivity contribution in [2.24, 2.45) is 0 Å². The van der Waals surface area contributed by atoms with Gasteiger partial charge in [0.05, 0.1) is 10.6 Å². The molecule has 2 aromatic carbocycles. The van der Waals surface area contributed by atoms with Gasteiger partial charge >= 0.3 is 0 Å². The molecule has 0 spiro atoms. The minimum atomic E-state index is -3.65. The highest BCUT2D eigenvalue weighted by molar-refractivity contribution is 7.92. The van der Waals surface area contributed by atoms with Crippen LogP contribution in [0, 0.1) is 6.92 Å². The zero-order valence-electron chi connectivity index (χ0n) is 15.9. The molecule has 1 aromatic heterocycles. The highest BCUT2D eigenvalue weighted by Gasteiger charge is 2.14. The first-order chi connectivity index (χ1) is 13.2. The predicted molar refractivity (Wildman–Crippen MR) is 108 cm³/mol. The van der Waals surface area contributed by atoms with Crippen molar-refractivity contribution in [3.05, 3.63) is 72.1 Å². The molecule has 0 aliphatic carbocycles. The molecule has 7 nitrogen and oxygen atoms in total. The van der Waals surface area contributed by atoms with Gasteiger partial charge < -0.3 is 5.32 Å². The molecule has 28 heavy (non-hydrogen) atoms. The van der Waals surface area contributed by atoms with Crippen LogP contribution in [0.4, 0.5) is 5.69 Å². The lowest BCUT2D eigenvalue weighted by molar-refractivity contribution is 0.0937. The van der Waals surface area contributed by atoms with Crippen LogP contribution < -0.4 is 10.0 Å². The maximum absolute atomic E-state index is 12.5. The van der Waals surface area contributed by atoms with E-state index in [1.54, 1.807) is 65.5 Å². The van der Waals surface area contributed by atoms with Crippen LogP contribution in [0.2, 0.25) is 0 Å². The van der Waals surface area contributed by atoms with Crippen LogP contribution in [0.5, 0.6) is 0 Å². The molecule has 3 rings (SSSR count). The summed E-state index contributed by atoms with van der Waals surface area (Å²) in [6.45, 7) is 5.66. The summed E-state index contributed by atoms with van der Waals surface area (Å²) in [5, 5.41) is 7.05. The van der Waals surface area contributed by atoms with Crippen LogP contribution >= 0.6 is 0 Å². The van der Waals surface area contributed by atoms with Crippen molar-refractivity contribution in [3.63, 3.8) is 0 Å². The van der Waals surface area contributed by atoms with Crippen molar-refractivity contribution in [1.82, 2.24) is 15.1 Å². The van der Waals surface area contributed by atoms with Crippen molar-refractivity contribution in [2.45, 2.75) is 31.7 Å². The summed E-state index contributed by atoms with van der Waals surface area (Å²) in [4.78, 5) is 12.2. The highest BCUT2D eigenvalue weighted by atomic mass is 32.2. The van der Waals surface area contributed by atoms with Gasteiger partial charge in [-0.3, -0.25) is 9.52 Å². The van der Waals surface area contributed by atoms with Crippen molar-refractivity contribution >= 4 is 21.6 Å². The van der Waals surface area contributed by atoms with E-state index in [4.69, 9.17) is 0 Å². The SMILES string of the molecule is Cc1ccc(S(=O)(=O)Nc2ccc(-n3ccc(C(=O)NC(C)C)n3)cc2)cc1. The number of carbonyl (C=O) groups excluding carboxylic acids is 1. The Balaban J connectivity index is 1.74. The molecule has 0 fully saturated rings. The number of benzene rings is 2. The van der Waals surface area contributed by atoms with Gasteiger partial charge in [0.1, 0.15) is 0 Å². The van der Waals surface area contributed by atoms with E-state index in [0.29, 0.717) is 17.1 Å². The summed E-state index contributed by atoms with van der Waals surface area (Å²) in [6, 6.07) is 15.1. The van der Waals surface area contributed by atoms with E-state index < -0.39 is 10.0 Å². The average Bonchev–Trinajstić information content (AvgIpc) is 3.12. The summed E-state index contributed by atoms with van der Waals surface area (Å²) in [6.07, 6.45) is 1.68. The lowest BCUT2D eigenvalue weighted by Crippen LogP contribution is -2.30. The Hall–Kier alpha value is -3.13. The zero-order chi connectivity index (χ0) is 20.3. The number of hydrogen-bond donors (Lipinski definition) is 2. The minimum absolute atomic E-state index is 0.0264. The molecule has 0 unspecified atom stereocenters. The molecule has 2 N–H and O–H groups in total. The van der Waals surface area contributed by atoms with Crippen molar-refractivity contribution in [1.29, 1.82) is 0 Å². The maximum Gasteiger partial charge on any atom is 0.271 e. The second-order valence-corrected chi connectivity index (χ2v) is 8.42. The van der Waals surface area contributed by atoms with Gasteiger partial charge in [0.15, 0.2) is 5.69 Å². The number of aromatic nitrogens is 2. The number of hydrogen-bond acceptors (Lipinski definition) is 4. The predicted octanol–water partition coefficient (Wildman–Crippen LogP) is 3.12. The topological polar surface area (TPSA) is 93.1 Å². The number of rotatable bonds is 6. The monoisotopic (exact) mass is 398 g/mol. The Kier molecular flexibility index (Phi) is 5.51. The van der Waals surface area contributed by atoms with Crippen molar-refractivity contribution in [3.8, 4) is 5.69 Å². The number of anilines is 1.